The molecule has 1 aliphatic heterocycles. The summed E-state index contributed by atoms with van der Waals surface area (Å²) in [6.45, 7) is 6.62. The third-order valence-electron chi connectivity index (χ3n) is 3.95. The molecule has 19 heavy (non-hydrogen) atoms. The van der Waals surface area contributed by atoms with Gasteiger partial charge in [-0.15, -0.1) is 0 Å². The third-order valence-corrected chi connectivity index (χ3v) is 3.95. The van der Waals surface area contributed by atoms with Gasteiger partial charge in [0.2, 0.25) is 0 Å². The van der Waals surface area contributed by atoms with Crippen LogP contribution in [0.3, 0.4) is 0 Å². The normalized spacial score (nSPS) is 17.1. The van der Waals surface area contributed by atoms with Gasteiger partial charge in [-0.25, -0.2) is 9.78 Å². The predicted molar refractivity (Wildman–Crippen MR) is 75.7 cm³/mol. The average Bonchev–Trinajstić information content (AvgIpc) is 2.36. The Morgan fingerprint density at radius 2 is 1.95 bits per heavy atom. The number of hydrogen-bond donors (Lipinski definition) is 1. The van der Waals surface area contributed by atoms with Gasteiger partial charge in [-0.1, -0.05) is 26.7 Å². The Bertz CT molecular complexity index is 428. The van der Waals surface area contributed by atoms with Gasteiger partial charge in [0.25, 0.3) is 0 Å². The van der Waals surface area contributed by atoms with Gasteiger partial charge in [-0.2, -0.15) is 0 Å². The first-order valence-electron chi connectivity index (χ1n) is 7.04. The highest BCUT2D eigenvalue weighted by Crippen LogP contribution is 2.41. The van der Waals surface area contributed by atoms with E-state index in [4.69, 9.17) is 5.11 Å². The van der Waals surface area contributed by atoms with E-state index in [1.807, 2.05) is 6.07 Å². The topological polar surface area (TPSA) is 53.4 Å². The van der Waals surface area contributed by atoms with E-state index in [0.29, 0.717) is 5.41 Å². The van der Waals surface area contributed by atoms with E-state index in [2.05, 4.69) is 23.7 Å². The highest BCUT2D eigenvalue weighted by molar-refractivity contribution is 5.85. The molecule has 0 spiro atoms. The number of pyridine rings is 1. The minimum atomic E-state index is -0.971. The Morgan fingerprint density at radius 3 is 2.37 bits per heavy atom. The quantitative estimate of drug-likeness (QED) is 0.855. The number of carboxylic acids is 1. The Kier molecular flexibility index (Phi) is 4.08. The van der Waals surface area contributed by atoms with Gasteiger partial charge in [-0.3, -0.25) is 0 Å². The van der Waals surface area contributed by atoms with Crippen LogP contribution in [0.5, 0.6) is 0 Å². The van der Waals surface area contributed by atoms with Crippen molar-refractivity contribution in [3.05, 3.63) is 24.0 Å². The highest BCUT2D eigenvalue weighted by Gasteiger charge is 2.41. The van der Waals surface area contributed by atoms with Crippen LogP contribution in [0.1, 0.15) is 50.0 Å². The first-order valence-corrected chi connectivity index (χ1v) is 7.04. The number of aromatic carboxylic acids is 1. The van der Waals surface area contributed by atoms with Gasteiger partial charge >= 0.3 is 5.97 Å². The van der Waals surface area contributed by atoms with Crippen LogP contribution in [0.25, 0.3) is 0 Å². The maximum Gasteiger partial charge on any atom is 0.354 e. The summed E-state index contributed by atoms with van der Waals surface area (Å²) >= 11 is 0. The number of carboxylic acid groups (broad SMARTS) is 1. The van der Waals surface area contributed by atoms with Crippen LogP contribution >= 0.6 is 0 Å². The smallest absolute Gasteiger partial charge is 0.354 e. The summed E-state index contributed by atoms with van der Waals surface area (Å²) in [5, 5.41) is 8.83. The molecule has 1 N–H and O–H groups in total. The maximum absolute atomic E-state index is 10.8. The monoisotopic (exact) mass is 262 g/mol. The molecular formula is C15H22N2O2. The SMILES string of the molecule is CCCC1(CCC)CN(c2ccc(C(=O)O)nc2)C1. The number of hydrogen-bond acceptors (Lipinski definition) is 3. The first kappa shape index (κ1) is 13.8. The summed E-state index contributed by atoms with van der Waals surface area (Å²) < 4.78 is 0. The number of anilines is 1. The van der Waals surface area contributed by atoms with Crippen molar-refractivity contribution < 1.29 is 9.90 Å². The van der Waals surface area contributed by atoms with Crippen molar-refractivity contribution in [1.29, 1.82) is 0 Å². The molecule has 0 radical (unpaired) electrons. The number of nitrogens with zero attached hydrogens (tertiary/aromatic N) is 2. The lowest BCUT2D eigenvalue weighted by Crippen LogP contribution is -2.56. The molecule has 1 saturated heterocycles. The second kappa shape index (κ2) is 5.59. The maximum atomic E-state index is 10.8. The van der Waals surface area contributed by atoms with Crippen molar-refractivity contribution in [2.24, 2.45) is 5.41 Å². The fourth-order valence-corrected chi connectivity index (χ4v) is 3.15. The highest BCUT2D eigenvalue weighted by atomic mass is 16.4. The molecule has 0 aromatic carbocycles. The average molecular weight is 262 g/mol. The van der Waals surface area contributed by atoms with E-state index in [1.54, 1.807) is 12.3 Å². The van der Waals surface area contributed by atoms with Gasteiger partial charge < -0.3 is 10.0 Å². The van der Waals surface area contributed by atoms with Gasteiger partial charge in [0.1, 0.15) is 5.69 Å². The van der Waals surface area contributed by atoms with Crippen LogP contribution in [-0.2, 0) is 0 Å². The zero-order valence-electron chi connectivity index (χ0n) is 11.7. The molecule has 0 atom stereocenters. The number of rotatable bonds is 6. The number of aromatic nitrogens is 1. The van der Waals surface area contributed by atoms with E-state index in [0.717, 1.165) is 18.8 Å². The number of carbonyl (C=O) groups is 1. The molecule has 0 unspecified atom stereocenters. The fourth-order valence-electron chi connectivity index (χ4n) is 3.15. The van der Waals surface area contributed by atoms with E-state index in [1.165, 1.54) is 25.7 Å². The van der Waals surface area contributed by atoms with Crippen molar-refractivity contribution in [3.63, 3.8) is 0 Å². The van der Waals surface area contributed by atoms with E-state index < -0.39 is 5.97 Å². The first-order chi connectivity index (χ1) is 9.10. The largest absolute Gasteiger partial charge is 0.477 e. The van der Waals surface area contributed by atoms with Gasteiger partial charge in [0.15, 0.2) is 0 Å². The van der Waals surface area contributed by atoms with Crippen molar-refractivity contribution in [1.82, 2.24) is 4.98 Å². The molecule has 1 aromatic heterocycles. The minimum absolute atomic E-state index is 0.109. The third kappa shape index (κ3) is 2.88. The lowest BCUT2D eigenvalue weighted by Gasteiger charge is -2.52. The molecule has 2 rings (SSSR count). The lowest BCUT2D eigenvalue weighted by atomic mass is 9.72. The Labute approximate surface area is 114 Å². The van der Waals surface area contributed by atoms with E-state index in [9.17, 15) is 4.79 Å². The van der Waals surface area contributed by atoms with E-state index >= 15 is 0 Å². The summed E-state index contributed by atoms with van der Waals surface area (Å²) in [6, 6.07) is 3.44. The zero-order valence-corrected chi connectivity index (χ0v) is 11.7. The Balaban J connectivity index is 2.00. The Hall–Kier alpha value is -1.58. The van der Waals surface area contributed by atoms with Crippen LogP contribution in [0.2, 0.25) is 0 Å². The second-order valence-electron chi connectivity index (χ2n) is 5.56. The minimum Gasteiger partial charge on any atom is -0.477 e. The van der Waals surface area contributed by atoms with Crippen molar-refractivity contribution >= 4 is 11.7 Å². The van der Waals surface area contributed by atoms with Gasteiger partial charge in [0, 0.05) is 18.5 Å². The molecule has 0 bridgehead atoms. The van der Waals surface area contributed by atoms with Crippen molar-refractivity contribution in [3.8, 4) is 0 Å². The summed E-state index contributed by atoms with van der Waals surface area (Å²) in [6.07, 6.45) is 6.68. The van der Waals surface area contributed by atoms with Crippen molar-refractivity contribution in [2.45, 2.75) is 39.5 Å². The molecule has 4 heteroatoms. The summed E-state index contributed by atoms with van der Waals surface area (Å²) in [5.74, 6) is -0.971. The molecule has 1 aliphatic rings. The van der Waals surface area contributed by atoms with Gasteiger partial charge in [0.05, 0.1) is 11.9 Å². The van der Waals surface area contributed by atoms with Gasteiger partial charge in [-0.05, 0) is 25.0 Å². The predicted octanol–water partition coefficient (Wildman–Crippen LogP) is 3.19. The molecule has 2 heterocycles. The molecule has 0 saturated carbocycles. The van der Waals surface area contributed by atoms with Crippen molar-refractivity contribution in [2.75, 3.05) is 18.0 Å². The van der Waals surface area contributed by atoms with Crippen LogP contribution in [-0.4, -0.2) is 29.1 Å². The van der Waals surface area contributed by atoms with Crippen LogP contribution in [0.15, 0.2) is 18.3 Å². The van der Waals surface area contributed by atoms with Crippen LogP contribution < -0.4 is 4.90 Å². The van der Waals surface area contributed by atoms with Crippen LogP contribution in [0.4, 0.5) is 5.69 Å². The molecule has 1 aromatic rings. The van der Waals surface area contributed by atoms with Crippen LogP contribution in [0, 0.1) is 5.41 Å². The summed E-state index contributed by atoms with van der Waals surface area (Å²) in [5.41, 5.74) is 1.61. The molecule has 0 aliphatic carbocycles. The lowest BCUT2D eigenvalue weighted by molar-refractivity contribution is 0.0690. The zero-order chi connectivity index (χ0) is 13.9. The fraction of sp³-hybridized carbons (Fsp3) is 0.600. The second-order valence-corrected chi connectivity index (χ2v) is 5.56. The Morgan fingerprint density at radius 1 is 1.32 bits per heavy atom. The summed E-state index contributed by atoms with van der Waals surface area (Å²) in [4.78, 5) is 17.0. The molecular weight excluding hydrogens is 240 g/mol. The standard InChI is InChI=1S/C15H22N2O2/c1-3-7-15(8-4-2)10-17(11-15)12-5-6-13(14(18)19)16-9-12/h5-6,9H,3-4,7-8,10-11H2,1-2H3,(H,18,19). The molecule has 0 amide bonds. The molecule has 4 nitrogen and oxygen atoms in total. The molecule has 1 fully saturated rings. The summed E-state index contributed by atoms with van der Waals surface area (Å²) in [7, 11) is 0. The van der Waals surface area contributed by atoms with E-state index in [-0.39, 0.29) is 5.69 Å². The molecule has 104 valence electrons.